The Morgan fingerprint density at radius 2 is 1.90 bits per heavy atom. The van der Waals surface area contributed by atoms with Gasteiger partial charge < -0.3 is 9.64 Å². The Kier molecular flexibility index (Phi) is 5.46. The van der Waals surface area contributed by atoms with Crippen molar-refractivity contribution >= 4 is 17.7 Å². The van der Waals surface area contributed by atoms with E-state index in [0.29, 0.717) is 17.5 Å². The van der Waals surface area contributed by atoms with Crippen LogP contribution in [0.2, 0.25) is 0 Å². The number of likely N-dealkylation sites (N-methyl/N-ethyl adjacent to an activating group) is 1. The minimum Gasteiger partial charge on any atom is -0.419 e. The molecule has 2 aromatic rings. The van der Waals surface area contributed by atoms with Gasteiger partial charge in [-0.3, -0.25) is 15.2 Å². The first-order valence-electron chi connectivity index (χ1n) is 8.86. The molecule has 1 amide bonds. The highest BCUT2D eigenvalue weighted by molar-refractivity contribution is 6.04. The average molecular weight is 403 g/mol. The molecule has 1 aliphatic rings. The number of ether oxygens (including phenoxy) is 1. The summed E-state index contributed by atoms with van der Waals surface area (Å²) in [7, 11) is 3.02. The largest absolute Gasteiger partial charge is 0.419 e. The van der Waals surface area contributed by atoms with Crippen molar-refractivity contribution in [2.75, 3.05) is 14.1 Å². The molecule has 0 spiro atoms. The Morgan fingerprint density at radius 3 is 2.48 bits per heavy atom. The van der Waals surface area contributed by atoms with Crippen molar-refractivity contribution in [1.29, 1.82) is 5.41 Å². The third-order valence-corrected chi connectivity index (χ3v) is 5.24. The molecular formula is C21H20F3N3O2. The number of alkyl halides is 2. The van der Waals surface area contributed by atoms with Crippen molar-refractivity contribution in [3.05, 3.63) is 70.5 Å². The summed E-state index contributed by atoms with van der Waals surface area (Å²) in [5.74, 6) is -2.00. The maximum absolute atomic E-state index is 13.3. The number of nitrogens with one attached hydrogen (secondary N) is 1. The van der Waals surface area contributed by atoms with Crippen molar-refractivity contribution in [3.63, 3.8) is 0 Å². The summed E-state index contributed by atoms with van der Waals surface area (Å²) in [6.45, 7) is 1.90. The zero-order chi connectivity index (χ0) is 21.3. The van der Waals surface area contributed by atoms with E-state index in [-0.39, 0.29) is 17.6 Å². The number of rotatable bonds is 3. The molecule has 152 valence electrons. The van der Waals surface area contributed by atoms with E-state index in [1.807, 2.05) is 6.92 Å². The lowest BCUT2D eigenvalue weighted by Crippen LogP contribution is -2.50. The number of aliphatic imine (C=N–C) groups is 1. The number of nitrogens with zero attached hydrogens (tertiary/aromatic N) is 2. The number of fused-ring (bicyclic) bond motifs is 1. The van der Waals surface area contributed by atoms with Crippen LogP contribution in [0.15, 0.2) is 47.5 Å². The Labute approximate surface area is 166 Å². The van der Waals surface area contributed by atoms with Crippen molar-refractivity contribution in [3.8, 4) is 0 Å². The molecule has 1 atom stereocenters. The minimum absolute atomic E-state index is 0.166. The predicted molar refractivity (Wildman–Crippen MR) is 103 cm³/mol. The van der Waals surface area contributed by atoms with Crippen LogP contribution in [-0.4, -0.2) is 43.1 Å². The molecule has 0 saturated heterocycles. The molecular weight excluding hydrogens is 383 g/mol. The van der Waals surface area contributed by atoms with Crippen molar-refractivity contribution in [1.82, 2.24) is 4.90 Å². The summed E-state index contributed by atoms with van der Waals surface area (Å²) in [6, 6.07) is 10.9. The molecule has 5 nitrogen and oxygen atoms in total. The molecule has 8 heteroatoms. The fourth-order valence-electron chi connectivity index (χ4n) is 3.44. The Hall–Kier alpha value is -3.16. The lowest BCUT2D eigenvalue weighted by Gasteiger charge is -2.43. The van der Waals surface area contributed by atoms with E-state index >= 15 is 0 Å². The van der Waals surface area contributed by atoms with E-state index in [4.69, 9.17) is 10.1 Å². The van der Waals surface area contributed by atoms with Crippen LogP contribution in [0.4, 0.5) is 13.2 Å². The van der Waals surface area contributed by atoms with Gasteiger partial charge in [0.15, 0.2) is 0 Å². The number of hydrogen-bond donors (Lipinski definition) is 1. The summed E-state index contributed by atoms with van der Waals surface area (Å²) >= 11 is 0. The summed E-state index contributed by atoms with van der Waals surface area (Å²) in [4.78, 5) is 18.5. The number of carbonyl (C=O) groups is 1. The Bertz CT molecular complexity index is 989. The highest BCUT2D eigenvalue weighted by Crippen LogP contribution is 2.38. The number of carbonyl (C=O) groups excluding carboxylic acids is 1. The van der Waals surface area contributed by atoms with Gasteiger partial charge in [-0.15, -0.1) is 0 Å². The Morgan fingerprint density at radius 1 is 1.24 bits per heavy atom. The van der Waals surface area contributed by atoms with Gasteiger partial charge in [-0.05, 0) is 42.3 Å². The zero-order valence-electron chi connectivity index (χ0n) is 16.2. The van der Waals surface area contributed by atoms with Crippen molar-refractivity contribution in [2.24, 2.45) is 4.99 Å². The second kappa shape index (κ2) is 7.69. The molecule has 1 heterocycles. The van der Waals surface area contributed by atoms with E-state index < -0.39 is 17.9 Å². The van der Waals surface area contributed by atoms with Crippen molar-refractivity contribution < 1.29 is 22.7 Å². The number of amides is 1. The molecule has 1 unspecified atom stereocenters. The van der Waals surface area contributed by atoms with Crippen LogP contribution < -0.4 is 0 Å². The molecule has 0 saturated carbocycles. The van der Waals surface area contributed by atoms with Crippen LogP contribution in [0.5, 0.6) is 0 Å². The highest BCUT2D eigenvalue weighted by atomic mass is 19.3. The summed E-state index contributed by atoms with van der Waals surface area (Å²) in [5, 5.41) is 7.19. The van der Waals surface area contributed by atoms with Gasteiger partial charge in [-0.2, -0.15) is 8.78 Å². The van der Waals surface area contributed by atoms with Crippen LogP contribution in [-0.2, 0) is 16.7 Å². The molecule has 3 rings (SSSR count). The van der Waals surface area contributed by atoms with Crippen LogP contribution in [0, 0.1) is 11.2 Å². The van der Waals surface area contributed by atoms with Gasteiger partial charge in [0.1, 0.15) is 5.82 Å². The van der Waals surface area contributed by atoms with E-state index in [1.54, 1.807) is 36.2 Å². The quantitative estimate of drug-likeness (QED) is 0.622. The van der Waals surface area contributed by atoms with Gasteiger partial charge in [0.2, 0.25) is 5.90 Å². The van der Waals surface area contributed by atoms with Crippen molar-refractivity contribution in [2.45, 2.75) is 25.3 Å². The maximum Gasteiger partial charge on any atom is 0.312 e. The second-order valence-electron chi connectivity index (χ2n) is 6.99. The first-order valence-corrected chi connectivity index (χ1v) is 8.86. The number of benzene rings is 2. The zero-order valence-corrected chi connectivity index (χ0v) is 16.2. The van der Waals surface area contributed by atoms with Crippen LogP contribution in [0.25, 0.3) is 0 Å². The summed E-state index contributed by atoms with van der Waals surface area (Å²) in [6.07, 6.45) is -2.57. The maximum atomic E-state index is 13.3. The monoisotopic (exact) mass is 403 g/mol. The molecule has 0 aliphatic carbocycles. The summed E-state index contributed by atoms with van der Waals surface area (Å²) < 4.78 is 43.4. The van der Waals surface area contributed by atoms with Gasteiger partial charge >= 0.3 is 6.43 Å². The fraction of sp³-hybridized carbons (Fsp3) is 0.286. The third kappa shape index (κ3) is 3.74. The first-order chi connectivity index (χ1) is 13.7. The number of halogens is 3. The first kappa shape index (κ1) is 20.6. The lowest BCUT2D eigenvalue weighted by atomic mass is 9.79. The van der Waals surface area contributed by atoms with E-state index in [2.05, 4.69) is 4.99 Å². The average Bonchev–Trinajstić information content (AvgIpc) is 2.70. The van der Waals surface area contributed by atoms with Gasteiger partial charge in [-0.25, -0.2) is 4.39 Å². The predicted octanol–water partition coefficient (Wildman–Crippen LogP) is 4.00. The van der Waals surface area contributed by atoms with Gasteiger partial charge in [0.05, 0.1) is 5.54 Å². The molecule has 0 radical (unpaired) electrons. The summed E-state index contributed by atoms with van der Waals surface area (Å²) in [5.41, 5.74) is 1.62. The molecule has 29 heavy (non-hydrogen) atoms. The van der Waals surface area contributed by atoms with Crippen LogP contribution in [0.3, 0.4) is 0 Å². The fourth-order valence-corrected chi connectivity index (χ4v) is 3.44. The molecule has 0 bridgehead atoms. The molecule has 0 aromatic heterocycles. The standard InChI is InChI=1S/C21H20F3N3O2/c1-21(14-6-8-15(22)9-7-14)11-13-5-4-12(10-16(13)20(28)27(21)3)19(26-2)29-18(25)17(23)24/h4-10,17,25H,11H2,1-3H3. The SMILES string of the molecule is CN=C(OC(=N)C(F)F)c1ccc2c(c1)C(=O)N(C)C(C)(c1ccc(F)cc1)C2. The van der Waals surface area contributed by atoms with E-state index in [9.17, 15) is 18.0 Å². The van der Waals surface area contributed by atoms with Gasteiger partial charge in [0, 0.05) is 31.6 Å². The molecule has 1 N–H and O–H groups in total. The van der Waals surface area contributed by atoms with Crippen LogP contribution in [0.1, 0.15) is 34.0 Å². The smallest absolute Gasteiger partial charge is 0.312 e. The molecule has 2 aromatic carbocycles. The van der Waals surface area contributed by atoms with E-state index in [1.165, 1.54) is 25.2 Å². The molecule has 1 aliphatic heterocycles. The highest BCUT2D eigenvalue weighted by Gasteiger charge is 2.40. The number of hydrogen-bond acceptors (Lipinski definition) is 4. The van der Waals surface area contributed by atoms with E-state index in [0.717, 1.165) is 11.1 Å². The Balaban J connectivity index is 1.98. The van der Waals surface area contributed by atoms with Crippen LogP contribution >= 0.6 is 0 Å². The topological polar surface area (TPSA) is 65.8 Å². The van der Waals surface area contributed by atoms with Gasteiger partial charge in [0.25, 0.3) is 11.8 Å². The minimum atomic E-state index is -3.06. The normalized spacial score (nSPS) is 19.3. The second-order valence-corrected chi connectivity index (χ2v) is 6.99. The lowest BCUT2D eigenvalue weighted by molar-refractivity contribution is 0.0547. The third-order valence-electron chi connectivity index (χ3n) is 5.24. The van der Waals surface area contributed by atoms with Gasteiger partial charge in [-0.1, -0.05) is 18.2 Å². The molecule has 0 fully saturated rings.